The van der Waals surface area contributed by atoms with Crippen LogP contribution in [-0.4, -0.2) is 17.4 Å². The molecular weight excluding hydrogens is 442 g/mol. The first-order chi connectivity index (χ1) is 15.4. The smallest absolute Gasteiger partial charge is 0.439 e. The van der Waals surface area contributed by atoms with Gasteiger partial charge in [0.15, 0.2) is 0 Å². The topological polar surface area (TPSA) is 72.5 Å². The number of ether oxygens (including phenoxy) is 2. The predicted octanol–water partition coefficient (Wildman–Crippen LogP) is 6.85. The van der Waals surface area contributed by atoms with Crippen molar-refractivity contribution in [3.05, 3.63) is 72.2 Å². The molecule has 0 spiro atoms. The zero-order valence-electron chi connectivity index (χ0n) is 18.0. The van der Waals surface area contributed by atoms with Gasteiger partial charge in [-0.05, 0) is 41.8 Å². The monoisotopic (exact) mass is 463 g/mol. The number of halogens is 4. The van der Waals surface area contributed by atoms with Gasteiger partial charge in [-0.15, -0.1) is 13.2 Å². The average molecular weight is 463 g/mol. The summed E-state index contributed by atoms with van der Waals surface area (Å²) in [6.45, 7) is 6.06. The van der Waals surface area contributed by atoms with Crippen LogP contribution < -0.4 is 20.1 Å². The Morgan fingerprint density at radius 3 is 2.18 bits per heavy atom. The van der Waals surface area contributed by atoms with Crippen LogP contribution in [0.4, 0.5) is 33.7 Å². The Kier molecular flexibility index (Phi) is 6.75. The van der Waals surface area contributed by atoms with Gasteiger partial charge < -0.3 is 20.1 Å². The molecule has 174 valence electrons. The first kappa shape index (κ1) is 23.8. The average Bonchev–Trinajstić information content (AvgIpc) is 2.70. The van der Waals surface area contributed by atoms with Crippen molar-refractivity contribution in [2.45, 2.75) is 32.5 Å². The minimum Gasteiger partial charge on any atom is -0.439 e. The van der Waals surface area contributed by atoms with Crippen molar-refractivity contribution < 1.29 is 31.8 Å². The standard InChI is InChI=1S/C23H21F4N3O3/c1-22(2,3)16-6-4-5-7-18(16)32-19-13-12-17(20(24)30-19)29-21(31)28-14-8-10-15(11-9-14)33-23(25,26)27/h4-13H,1-3H3,(H2,28,29,31). The second kappa shape index (κ2) is 9.35. The fraction of sp³-hybridized carbons (Fsp3) is 0.217. The number of rotatable bonds is 5. The Balaban J connectivity index is 1.64. The molecule has 10 heteroatoms. The molecular formula is C23H21F4N3O3. The van der Waals surface area contributed by atoms with Crippen LogP contribution in [0, 0.1) is 5.95 Å². The molecule has 1 heterocycles. The Morgan fingerprint density at radius 2 is 1.58 bits per heavy atom. The highest BCUT2D eigenvalue weighted by molar-refractivity contribution is 5.99. The fourth-order valence-electron chi connectivity index (χ4n) is 2.88. The van der Waals surface area contributed by atoms with E-state index in [1.165, 1.54) is 24.3 Å². The number of anilines is 2. The number of aromatic nitrogens is 1. The summed E-state index contributed by atoms with van der Waals surface area (Å²) in [4.78, 5) is 15.9. The van der Waals surface area contributed by atoms with Crippen LogP contribution in [0.2, 0.25) is 0 Å². The molecule has 0 radical (unpaired) electrons. The lowest BCUT2D eigenvalue weighted by Gasteiger charge is -2.22. The predicted molar refractivity (Wildman–Crippen MR) is 115 cm³/mol. The molecule has 0 fully saturated rings. The summed E-state index contributed by atoms with van der Waals surface area (Å²) in [5.41, 5.74) is 0.682. The number of para-hydroxylation sites is 1. The maximum atomic E-state index is 14.4. The maximum absolute atomic E-state index is 14.4. The molecule has 3 aromatic rings. The molecule has 0 unspecified atom stereocenters. The number of amides is 2. The van der Waals surface area contributed by atoms with Gasteiger partial charge in [0.05, 0.1) is 5.69 Å². The summed E-state index contributed by atoms with van der Waals surface area (Å²) in [7, 11) is 0. The largest absolute Gasteiger partial charge is 0.573 e. The van der Waals surface area contributed by atoms with E-state index in [1.54, 1.807) is 12.1 Å². The molecule has 2 N–H and O–H groups in total. The number of carbonyl (C=O) groups excluding carboxylic acids is 1. The Labute approximate surface area is 187 Å². The van der Waals surface area contributed by atoms with Gasteiger partial charge in [0.25, 0.3) is 0 Å². The first-order valence-electron chi connectivity index (χ1n) is 9.78. The molecule has 0 saturated carbocycles. The van der Waals surface area contributed by atoms with Gasteiger partial charge in [-0.2, -0.15) is 9.37 Å². The Morgan fingerprint density at radius 1 is 0.909 bits per heavy atom. The van der Waals surface area contributed by atoms with E-state index in [9.17, 15) is 22.4 Å². The minimum atomic E-state index is -4.82. The second-order valence-electron chi connectivity index (χ2n) is 7.99. The molecule has 1 aromatic heterocycles. The number of carbonyl (C=O) groups is 1. The van der Waals surface area contributed by atoms with Crippen molar-refractivity contribution in [1.29, 1.82) is 0 Å². The number of urea groups is 1. The molecule has 0 saturated heterocycles. The zero-order valence-corrected chi connectivity index (χ0v) is 18.0. The summed E-state index contributed by atoms with van der Waals surface area (Å²) in [5, 5.41) is 4.66. The van der Waals surface area contributed by atoms with E-state index in [2.05, 4.69) is 20.4 Å². The summed E-state index contributed by atoms with van der Waals surface area (Å²) >= 11 is 0. The summed E-state index contributed by atoms with van der Waals surface area (Å²) in [6, 6.07) is 13.7. The molecule has 0 aliphatic heterocycles. The van der Waals surface area contributed by atoms with Gasteiger partial charge >= 0.3 is 12.4 Å². The van der Waals surface area contributed by atoms with Crippen molar-refractivity contribution in [3.63, 3.8) is 0 Å². The van der Waals surface area contributed by atoms with Gasteiger partial charge in [-0.3, -0.25) is 0 Å². The number of benzene rings is 2. The molecule has 33 heavy (non-hydrogen) atoms. The first-order valence-corrected chi connectivity index (χ1v) is 9.78. The van der Waals surface area contributed by atoms with Crippen LogP contribution in [0.5, 0.6) is 17.4 Å². The molecule has 3 rings (SSSR count). The van der Waals surface area contributed by atoms with Crippen molar-refractivity contribution >= 4 is 17.4 Å². The third-order valence-corrected chi connectivity index (χ3v) is 4.33. The van der Waals surface area contributed by atoms with Gasteiger partial charge in [0.1, 0.15) is 11.5 Å². The van der Waals surface area contributed by atoms with Gasteiger partial charge in [-0.1, -0.05) is 39.0 Å². The summed E-state index contributed by atoms with van der Waals surface area (Å²) in [6.07, 6.45) is -4.82. The van der Waals surface area contributed by atoms with E-state index in [0.717, 1.165) is 17.7 Å². The third kappa shape index (κ3) is 6.83. The van der Waals surface area contributed by atoms with Gasteiger partial charge in [-0.25, -0.2) is 4.79 Å². The molecule has 6 nitrogen and oxygen atoms in total. The van der Waals surface area contributed by atoms with Gasteiger partial charge in [0.2, 0.25) is 11.8 Å². The molecule has 0 aliphatic rings. The number of pyridine rings is 1. The fourth-order valence-corrected chi connectivity index (χ4v) is 2.88. The third-order valence-electron chi connectivity index (χ3n) is 4.33. The quantitative estimate of drug-likeness (QED) is 0.321. The van der Waals surface area contributed by atoms with E-state index >= 15 is 0 Å². The van der Waals surface area contributed by atoms with Crippen molar-refractivity contribution in [2.24, 2.45) is 0 Å². The van der Waals surface area contributed by atoms with E-state index in [1.807, 2.05) is 32.9 Å². The maximum Gasteiger partial charge on any atom is 0.573 e. The molecule has 2 amide bonds. The Bertz CT molecular complexity index is 1130. The molecule has 0 aliphatic carbocycles. The van der Waals surface area contributed by atoms with Crippen molar-refractivity contribution in [3.8, 4) is 17.4 Å². The van der Waals surface area contributed by atoms with Crippen LogP contribution in [0.15, 0.2) is 60.7 Å². The highest BCUT2D eigenvalue weighted by atomic mass is 19.4. The van der Waals surface area contributed by atoms with E-state index in [-0.39, 0.29) is 22.7 Å². The lowest BCUT2D eigenvalue weighted by molar-refractivity contribution is -0.274. The lowest BCUT2D eigenvalue weighted by Crippen LogP contribution is -2.20. The molecule has 0 bridgehead atoms. The van der Waals surface area contributed by atoms with Crippen LogP contribution in [0.25, 0.3) is 0 Å². The van der Waals surface area contributed by atoms with Crippen molar-refractivity contribution in [1.82, 2.24) is 4.98 Å². The SMILES string of the molecule is CC(C)(C)c1ccccc1Oc1ccc(NC(=O)Nc2ccc(OC(F)(F)F)cc2)c(F)n1. The van der Waals surface area contributed by atoms with Gasteiger partial charge in [0, 0.05) is 17.3 Å². The Hall–Kier alpha value is -3.82. The highest BCUT2D eigenvalue weighted by Crippen LogP contribution is 2.34. The van der Waals surface area contributed by atoms with E-state index in [4.69, 9.17) is 4.74 Å². The van der Waals surface area contributed by atoms with E-state index < -0.39 is 24.1 Å². The van der Waals surface area contributed by atoms with Crippen LogP contribution in [-0.2, 0) is 5.41 Å². The lowest BCUT2D eigenvalue weighted by atomic mass is 9.86. The number of nitrogens with zero attached hydrogens (tertiary/aromatic N) is 1. The number of alkyl halides is 3. The minimum absolute atomic E-state index is 0.00964. The normalized spacial score (nSPS) is 11.6. The highest BCUT2D eigenvalue weighted by Gasteiger charge is 2.31. The van der Waals surface area contributed by atoms with Crippen LogP contribution >= 0.6 is 0 Å². The number of hydrogen-bond donors (Lipinski definition) is 2. The van der Waals surface area contributed by atoms with E-state index in [0.29, 0.717) is 5.75 Å². The number of hydrogen-bond acceptors (Lipinski definition) is 4. The zero-order chi connectivity index (χ0) is 24.2. The van der Waals surface area contributed by atoms with Crippen molar-refractivity contribution in [2.75, 3.05) is 10.6 Å². The second-order valence-corrected chi connectivity index (χ2v) is 7.99. The number of nitrogens with one attached hydrogen (secondary N) is 2. The molecule has 0 atom stereocenters. The summed E-state index contributed by atoms with van der Waals surface area (Å²) < 4.78 is 60.5. The van der Waals surface area contributed by atoms with Crippen LogP contribution in [0.1, 0.15) is 26.3 Å². The van der Waals surface area contributed by atoms with Crippen LogP contribution in [0.3, 0.4) is 0 Å². The molecule has 2 aromatic carbocycles. The summed E-state index contributed by atoms with van der Waals surface area (Å²) in [5.74, 6) is -0.860.